The number of aryl methyl sites for hydroxylation is 1. The summed E-state index contributed by atoms with van der Waals surface area (Å²) >= 11 is 0. The van der Waals surface area contributed by atoms with Gasteiger partial charge < -0.3 is 9.67 Å². The van der Waals surface area contributed by atoms with Crippen molar-refractivity contribution in [2.45, 2.75) is 71.3 Å². The average Bonchev–Trinajstić information content (AvgIpc) is 3.16. The quantitative estimate of drug-likeness (QED) is 0.839. The number of aromatic carboxylic acids is 1. The van der Waals surface area contributed by atoms with Crippen molar-refractivity contribution >= 4 is 17.0 Å². The SMILES string of the molecule is CCC(CC)n1c(C)nc2c(C3CCCC3)c(C(=O)O)ccc21. The number of carboxylic acids is 1. The van der Waals surface area contributed by atoms with Gasteiger partial charge in [0.25, 0.3) is 0 Å². The summed E-state index contributed by atoms with van der Waals surface area (Å²) in [6.07, 6.45) is 6.65. The lowest BCUT2D eigenvalue weighted by molar-refractivity contribution is 0.0695. The van der Waals surface area contributed by atoms with Gasteiger partial charge in [0.2, 0.25) is 0 Å². The third kappa shape index (κ3) is 2.64. The fourth-order valence-corrected chi connectivity index (χ4v) is 4.23. The molecule has 1 aliphatic rings. The second-order valence-corrected chi connectivity index (χ2v) is 6.68. The van der Waals surface area contributed by atoms with Crippen molar-refractivity contribution in [3.63, 3.8) is 0 Å². The molecule has 1 aliphatic carbocycles. The molecule has 0 saturated heterocycles. The monoisotopic (exact) mass is 314 g/mol. The molecule has 3 rings (SSSR count). The van der Waals surface area contributed by atoms with E-state index in [0.29, 0.717) is 17.5 Å². The van der Waals surface area contributed by atoms with Gasteiger partial charge in [0, 0.05) is 6.04 Å². The maximum Gasteiger partial charge on any atom is 0.336 e. The van der Waals surface area contributed by atoms with Crippen molar-refractivity contribution < 1.29 is 9.90 Å². The van der Waals surface area contributed by atoms with E-state index in [1.54, 1.807) is 6.07 Å². The zero-order valence-electron chi connectivity index (χ0n) is 14.3. The predicted molar refractivity (Wildman–Crippen MR) is 92.3 cm³/mol. The van der Waals surface area contributed by atoms with Crippen LogP contribution in [0.15, 0.2) is 12.1 Å². The molecule has 0 atom stereocenters. The van der Waals surface area contributed by atoms with E-state index in [1.165, 1.54) is 12.8 Å². The smallest absolute Gasteiger partial charge is 0.336 e. The minimum atomic E-state index is -0.830. The van der Waals surface area contributed by atoms with E-state index >= 15 is 0 Å². The number of hydrogen-bond donors (Lipinski definition) is 1. The van der Waals surface area contributed by atoms with E-state index in [1.807, 2.05) is 13.0 Å². The highest BCUT2D eigenvalue weighted by Crippen LogP contribution is 2.40. The molecule has 1 fully saturated rings. The number of carboxylic acid groups (broad SMARTS) is 1. The molecule has 1 heterocycles. The third-order valence-electron chi connectivity index (χ3n) is 5.38. The van der Waals surface area contributed by atoms with Crippen molar-refractivity contribution in [3.05, 3.63) is 29.1 Å². The van der Waals surface area contributed by atoms with Gasteiger partial charge in [-0.25, -0.2) is 9.78 Å². The molecule has 0 aliphatic heterocycles. The van der Waals surface area contributed by atoms with Crippen LogP contribution in [-0.4, -0.2) is 20.6 Å². The van der Waals surface area contributed by atoms with Gasteiger partial charge in [-0.05, 0) is 56.2 Å². The summed E-state index contributed by atoms with van der Waals surface area (Å²) in [7, 11) is 0. The van der Waals surface area contributed by atoms with Gasteiger partial charge in [-0.2, -0.15) is 0 Å². The highest BCUT2D eigenvalue weighted by molar-refractivity contribution is 5.96. The molecule has 1 N–H and O–H groups in total. The van der Waals surface area contributed by atoms with Crippen LogP contribution in [0.25, 0.3) is 11.0 Å². The molecule has 0 amide bonds. The largest absolute Gasteiger partial charge is 0.478 e. The summed E-state index contributed by atoms with van der Waals surface area (Å²) in [5, 5.41) is 9.63. The number of fused-ring (bicyclic) bond motifs is 1. The Hall–Kier alpha value is -1.84. The number of aromatic nitrogens is 2. The topological polar surface area (TPSA) is 55.1 Å². The molecule has 0 spiro atoms. The van der Waals surface area contributed by atoms with Crippen LogP contribution in [-0.2, 0) is 0 Å². The second-order valence-electron chi connectivity index (χ2n) is 6.68. The number of rotatable bonds is 5. The Balaban J connectivity index is 2.26. The van der Waals surface area contributed by atoms with E-state index in [2.05, 4.69) is 18.4 Å². The van der Waals surface area contributed by atoms with Crippen LogP contribution in [0.4, 0.5) is 0 Å². The molecule has 1 aromatic carbocycles. The molecule has 1 saturated carbocycles. The molecule has 0 bridgehead atoms. The number of benzene rings is 1. The summed E-state index contributed by atoms with van der Waals surface area (Å²) in [6, 6.07) is 4.17. The Bertz CT molecular complexity index is 723. The highest BCUT2D eigenvalue weighted by Gasteiger charge is 2.27. The zero-order valence-corrected chi connectivity index (χ0v) is 14.3. The predicted octanol–water partition coefficient (Wildman–Crippen LogP) is 5.06. The van der Waals surface area contributed by atoms with E-state index in [4.69, 9.17) is 4.98 Å². The first kappa shape index (κ1) is 16.0. The lowest BCUT2D eigenvalue weighted by Gasteiger charge is -2.19. The van der Waals surface area contributed by atoms with Crippen LogP contribution in [0.3, 0.4) is 0 Å². The third-order valence-corrected chi connectivity index (χ3v) is 5.38. The van der Waals surface area contributed by atoms with E-state index < -0.39 is 5.97 Å². The molecule has 23 heavy (non-hydrogen) atoms. The fraction of sp³-hybridized carbons (Fsp3) is 0.579. The lowest BCUT2D eigenvalue weighted by Crippen LogP contribution is -2.10. The molecule has 2 aromatic rings. The molecule has 1 aromatic heterocycles. The fourth-order valence-electron chi connectivity index (χ4n) is 4.23. The number of imidazole rings is 1. The summed E-state index contributed by atoms with van der Waals surface area (Å²) in [4.78, 5) is 16.5. The Morgan fingerprint density at radius 2 is 1.96 bits per heavy atom. The number of nitrogens with zero attached hydrogens (tertiary/aromatic N) is 2. The van der Waals surface area contributed by atoms with Crippen LogP contribution >= 0.6 is 0 Å². The standard InChI is InChI=1S/C19H26N2O2/c1-4-14(5-2)21-12(3)20-18-16(21)11-10-15(19(22)23)17(18)13-8-6-7-9-13/h10-11,13-14H,4-9H2,1-3H3,(H,22,23). The van der Waals surface area contributed by atoms with Crippen LogP contribution in [0.1, 0.15) is 86.1 Å². The van der Waals surface area contributed by atoms with Gasteiger partial charge >= 0.3 is 5.97 Å². The van der Waals surface area contributed by atoms with Gasteiger partial charge in [-0.15, -0.1) is 0 Å². The highest BCUT2D eigenvalue weighted by atomic mass is 16.4. The number of hydrogen-bond acceptors (Lipinski definition) is 2. The molecular formula is C19H26N2O2. The minimum Gasteiger partial charge on any atom is -0.478 e. The first-order valence-corrected chi connectivity index (χ1v) is 8.83. The van der Waals surface area contributed by atoms with Gasteiger partial charge in [0.15, 0.2) is 0 Å². The van der Waals surface area contributed by atoms with E-state index in [0.717, 1.165) is 48.1 Å². The molecule has 4 nitrogen and oxygen atoms in total. The average molecular weight is 314 g/mol. The normalized spacial score (nSPS) is 15.8. The second kappa shape index (κ2) is 6.34. The summed E-state index contributed by atoms with van der Waals surface area (Å²) in [5.41, 5.74) is 3.43. The summed E-state index contributed by atoms with van der Waals surface area (Å²) in [5.74, 6) is 0.508. The van der Waals surface area contributed by atoms with Crippen LogP contribution in [0, 0.1) is 6.92 Å². The van der Waals surface area contributed by atoms with Gasteiger partial charge in [-0.3, -0.25) is 0 Å². The zero-order chi connectivity index (χ0) is 16.6. The van der Waals surface area contributed by atoms with Crippen LogP contribution in [0.2, 0.25) is 0 Å². The maximum atomic E-state index is 11.7. The van der Waals surface area contributed by atoms with Crippen molar-refractivity contribution in [3.8, 4) is 0 Å². The van der Waals surface area contributed by atoms with E-state index in [-0.39, 0.29) is 0 Å². The van der Waals surface area contributed by atoms with Gasteiger partial charge in [0.05, 0.1) is 16.6 Å². The Morgan fingerprint density at radius 1 is 1.30 bits per heavy atom. The van der Waals surface area contributed by atoms with Crippen molar-refractivity contribution in [2.75, 3.05) is 0 Å². The first-order valence-electron chi connectivity index (χ1n) is 8.83. The van der Waals surface area contributed by atoms with Crippen molar-refractivity contribution in [1.82, 2.24) is 9.55 Å². The maximum absolute atomic E-state index is 11.7. The van der Waals surface area contributed by atoms with Gasteiger partial charge in [-0.1, -0.05) is 26.7 Å². The van der Waals surface area contributed by atoms with Crippen LogP contribution in [0.5, 0.6) is 0 Å². The Kier molecular flexibility index (Phi) is 4.42. The van der Waals surface area contributed by atoms with E-state index in [9.17, 15) is 9.90 Å². The van der Waals surface area contributed by atoms with Crippen molar-refractivity contribution in [2.24, 2.45) is 0 Å². The first-order chi connectivity index (χ1) is 11.1. The van der Waals surface area contributed by atoms with Crippen LogP contribution < -0.4 is 0 Å². The van der Waals surface area contributed by atoms with Gasteiger partial charge in [0.1, 0.15) is 5.82 Å². The molecule has 0 unspecified atom stereocenters. The number of carbonyl (C=O) groups is 1. The Morgan fingerprint density at radius 3 is 2.52 bits per heavy atom. The lowest BCUT2D eigenvalue weighted by atomic mass is 9.91. The molecule has 0 radical (unpaired) electrons. The minimum absolute atomic E-state index is 0.342. The molecule has 124 valence electrons. The Labute approximate surface area is 137 Å². The molecular weight excluding hydrogens is 288 g/mol. The molecule has 4 heteroatoms. The summed E-state index contributed by atoms with van der Waals surface area (Å²) < 4.78 is 2.30. The van der Waals surface area contributed by atoms with Crippen molar-refractivity contribution in [1.29, 1.82) is 0 Å². The summed E-state index contributed by atoms with van der Waals surface area (Å²) in [6.45, 7) is 6.43.